The molecule has 2 rings (SSSR count). The molecule has 0 atom stereocenters. The van der Waals surface area contributed by atoms with Gasteiger partial charge in [0.1, 0.15) is 6.26 Å². The Kier molecular flexibility index (Phi) is 3.84. The van der Waals surface area contributed by atoms with Crippen LogP contribution in [0.15, 0.2) is 44.4 Å². The van der Waals surface area contributed by atoms with Crippen LogP contribution in [0.3, 0.4) is 0 Å². The number of halogens is 1. The molecule has 0 spiro atoms. The highest BCUT2D eigenvalue weighted by molar-refractivity contribution is 9.10. The number of sulfonamides is 1. The number of rotatable bonds is 4. The molecule has 1 heterocycles. The lowest BCUT2D eigenvalue weighted by Crippen LogP contribution is -2.23. The number of nitrogens with zero attached hydrogens (tertiary/aromatic N) is 1. The zero-order chi connectivity index (χ0) is 13.2. The molecule has 5 nitrogen and oxygen atoms in total. The van der Waals surface area contributed by atoms with Crippen LogP contribution < -0.4 is 4.72 Å². The second kappa shape index (κ2) is 5.21. The van der Waals surface area contributed by atoms with Crippen LogP contribution in [0.5, 0.6) is 0 Å². The van der Waals surface area contributed by atoms with Crippen molar-refractivity contribution in [2.24, 2.45) is 0 Å². The highest BCUT2D eigenvalue weighted by Gasteiger charge is 2.15. The van der Waals surface area contributed by atoms with Gasteiger partial charge in [0.15, 0.2) is 0 Å². The smallest absolute Gasteiger partial charge is 0.240 e. The van der Waals surface area contributed by atoms with Crippen LogP contribution in [-0.2, 0) is 16.6 Å². The molecule has 0 bridgehead atoms. The van der Waals surface area contributed by atoms with Gasteiger partial charge in [-0.15, -0.1) is 0 Å². The monoisotopic (exact) mass is 330 g/mol. The molecule has 1 N–H and O–H groups in total. The van der Waals surface area contributed by atoms with Gasteiger partial charge in [-0.2, -0.15) is 0 Å². The zero-order valence-electron chi connectivity index (χ0n) is 9.55. The van der Waals surface area contributed by atoms with Gasteiger partial charge in [-0.05, 0) is 30.7 Å². The Balaban J connectivity index is 2.17. The highest BCUT2D eigenvalue weighted by atomic mass is 79.9. The summed E-state index contributed by atoms with van der Waals surface area (Å²) in [6.45, 7) is 1.94. The van der Waals surface area contributed by atoms with Crippen LogP contribution in [0.4, 0.5) is 0 Å². The standard InChI is InChI=1S/C11H11BrN2O3S/c1-8-6-10(2-3-11(8)12)18(15,16)13-7-9-4-5-17-14-9/h2-6,13H,7H2,1H3. The fourth-order valence-corrected chi connectivity index (χ4v) is 2.70. The van der Waals surface area contributed by atoms with Crippen molar-refractivity contribution in [2.75, 3.05) is 0 Å². The van der Waals surface area contributed by atoms with Crippen LogP contribution in [0.2, 0.25) is 0 Å². The SMILES string of the molecule is Cc1cc(S(=O)(=O)NCc2ccon2)ccc1Br. The molecule has 0 aliphatic carbocycles. The average molecular weight is 331 g/mol. The molecule has 1 aromatic carbocycles. The summed E-state index contributed by atoms with van der Waals surface area (Å²) in [5.74, 6) is 0. The number of nitrogens with one attached hydrogen (secondary N) is 1. The van der Waals surface area contributed by atoms with Crippen LogP contribution in [0.25, 0.3) is 0 Å². The van der Waals surface area contributed by atoms with Crippen molar-refractivity contribution in [1.82, 2.24) is 9.88 Å². The maximum atomic E-state index is 12.0. The van der Waals surface area contributed by atoms with E-state index in [1.54, 1.807) is 24.3 Å². The first-order valence-corrected chi connectivity index (χ1v) is 7.42. The Labute approximate surface area is 113 Å². The summed E-state index contributed by atoms with van der Waals surface area (Å²) in [6, 6.07) is 6.47. The van der Waals surface area contributed by atoms with Crippen LogP contribution in [0, 0.1) is 6.92 Å². The Bertz CT molecular complexity index is 638. The molecular formula is C11H11BrN2O3S. The van der Waals surface area contributed by atoms with Gasteiger partial charge < -0.3 is 4.52 Å². The van der Waals surface area contributed by atoms with Gasteiger partial charge in [0, 0.05) is 10.5 Å². The molecule has 0 fully saturated rings. The minimum atomic E-state index is -3.53. The second-order valence-corrected chi connectivity index (χ2v) is 6.35. The van der Waals surface area contributed by atoms with E-state index >= 15 is 0 Å². The number of hydrogen-bond donors (Lipinski definition) is 1. The normalized spacial score (nSPS) is 11.7. The largest absolute Gasteiger partial charge is 0.364 e. The molecule has 18 heavy (non-hydrogen) atoms. The summed E-state index contributed by atoms with van der Waals surface area (Å²) in [6.07, 6.45) is 1.40. The molecule has 1 aromatic heterocycles. The topological polar surface area (TPSA) is 72.2 Å². The maximum Gasteiger partial charge on any atom is 0.240 e. The first-order chi connectivity index (χ1) is 8.49. The van der Waals surface area contributed by atoms with Crippen molar-refractivity contribution in [2.45, 2.75) is 18.4 Å². The fraction of sp³-hybridized carbons (Fsp3) is 0.182. The first kappa shape index (κ1) is 13.3. The van der Waals surface area contributed by atoms with E-state index in [-0.39, 0.29) is 11.4 Å². The van der Waals surface area contributed by atoms with Gasteiger partial charge in [0.2, 0.25) is 10.0 Å². The van der Waals surface area contributed by atoms with Crippen molar-refractivity contribution < 1.29 is 12.9 Å². The number of aryl methyl sites for hydroxylation is 1. The van der Waals surface area contributed by atoms with Gasteiger partial charge in [0.25, 0.3) is 0 Å². The predicted molar refractivity (Wildman–Crippen MR) is 69.4 cm³/mol. The van der Waals surface area contributed by atoms with E-state index in [9.17, 15) is 8.42 Å². The van der Waals surface area contributed by atoms with E-state index in [4.69, 9.17) is 0 Å². The molecule has 0 saturated carbocycles. The summed E-state index contributed by atoms with van der Waals surface area (Å²) < 4.78 is 32.0. The summed E-state index contributed by atoms with van der Waals surface area (Å²) in [4.78, 5) is 0.228. The minimum Gasteiger partial charge on any atom is -0.364 e. The molecule has 7 heteroatoms. The summed E-state index contributed by atoms with van der Waals surface area (Å²) in [5.41, 5.74) is 1.40. The van der Waals surface area contributed by atoms with Crippen molar-refractivity contribution in [3.05, 3.63) is 46.3 Å². The fourth-order valence-electron chi connectivity index (χ4n) is 1.37. The van der Waals surface area contributed by atoms with Crippen LogP contribution >= 0.6 is 15.9 Å². The van der Waals surface area contributed by atoms with E-state index in [0.717, 1.165) is 10.0 Å². The third-order valence-corrected chi connectivity index (χ3v) is 4.66. The maximum absolute atomic E-state index is 12.0. The van der Waals surface area contributed by atoms with E-state index in [1.807, 2.05) is 6.92 Å². The van der Waals surface area contributed by atoms with Gasteiger partial charge in [-0.25, -0.2) is 13.1 Å². The van der Waals surface area contributed by atoms with E-state index in [1.165, 1.54) is 6.26 Å². The van der Waals surface area contributed by atoms with Gasteiger partial charge in [0.05, 0.1) is 17.1 Å². The quantitative estimate of drug-likeness (QED) is 0.932. The molecule has 96 valence electrons. The second-order valence-electron chi connectivity index (χ2n) is 3.73. The van der Waals surface area contributed by atoms with Crippen molar-refractivity contribution >= 4 is 26.0 Å². The number of benzene rings is 1. The lowest BCUT2D eigenvalue weighted by atomic mass is 10.2. The number of aromatic nitrogens is 1. The Morgan fingerprint density at radius 1 is 1.39 bits per heavy atom. The van der Waals surface area contributed by atoms with Gasteiger partial charge in [-0.1, -0.05) is 21.1 Å². The Morgan fingerprint density at radius 3 is 2.78 bits per heavy atom. The molecular weight excluding hydrogens is 320 g/mol. The van der Waals surface area contributed by atoms with Gasteiger partial charge >= 0.3 is 0 Å². The highest BCUT2D eigenvalue weighted by Crippen LogP contribution is 2.19. The third kappa shape index (κ3) is 2.98. The lowest BCUT2D eigenvalue weighted by Gasteiger charge is -2.06. The lowest BCUT2D eigenvalue weighted by molar-refractivity contribution is 0.411. The molecule has 0 saturated heterocycles. The summed E-state index contributed by atoms with van der Waals surface area (Å²) in [7, 11) is -3.53. The zero-order valence-corrected chi connectivity index (χ0v) is 12.0. The predicted octanol–water partition coefficient (Wildman–Crippen LogP) is 2.22. The van der Waals surface area contributed by atoms with Gasteiger partial charge in [-0.3, -0.25) is 0 Å². The molecule has 0 aliphatic heterocycles. The van der Waals surface area contributed by atoms with Crippen molar-refractivity contribution in [1.29, 1.82) is 0 Å². The third-order valence-electron chi connectivity index (χ3n) is 2.37. The Morgan fingerprint density at radius 2 is 2.17 bits per heavy atom. The molecule has 0 aliphatic rings. The van der Waals surface area contributed by atoms with Crippen molar-refractivity contribution in [3.8, 4) is 0 Å². The van der Waals surface area contributed by atoms with E-state index in [0.29, 0.717) is 5.69 Å². The van der Waals surface area contributed by atoms with E-state index < -0.39 is 10.0 Å². The first-order valence-electron chi connectivity index (χ1n) is 5.14. The summed E-state index contributed by atoms with van der Waals surface area (Å²) in [5, 5.41) is 3.64. The Hall–Kier alpha value is -1.18. The number of hydrogen-bond acceptors (Lipinski definition) is 4. The van der Waals surface area contributed by atoms with E-state index in [2.05, 4.69) is 30.3 Å². The van der Waals surface area contributed by atoms with Crippen LogP contribution in [-0.4, -0.2) is 13.6 Å². The van der Waals surface area contributed by atoms with Crippen molar-refractivity contribution in [3.63, 3.8) is 0 Å². The van der Waals surface area contributed by atoms with Crippen LogP contribution in [0.1, 0.15) is 11.3 Å². The molecule has 0 amide bonds. The average Bonchev–Trinajstić information content (AvgIpc) is 2.83. The molecule has 0 unspecified atom stereocenters. The summed E-state index contributed by atoms with van der Waals surface area (Å²) >= 11 is 3.33. The minimum absolute atomic E-state index is 0.105. The molecule has 0 radical (unpaired) electrons. The molecule has 2 aromatic rings.